The van der Waals surface area contributed by atoms with Gasteiger partial charge in [-0.1, -0.05) is 85.3 Å². The Bertz CT molecular complexity index is 1450. The van der Waals surface area contributed by atoms with Crippen molar-refractivity contribution in [1.82, 2.24) is 21.4 Å². The molecule has 1 fully saturated rings. The summed E-state index contributed by atoms with van der Waals surface area (Å²) in [5.41, 5.74) is 9.44. The second kappa shape index (κ2) is 15.4. The molecule has 45 heavy (non-hydrogen) atoms. The molecule has 0 radical (unpaired) electrons. The molecule has 0 aromatic heterocycles. The van der Waals surface area contributed by atoms with Gasteiger partial charge >= 0.3 is 12.1 Å². The summed E-state index contributed by atoms with van der Waals surface area (Å²) in [4.78, 5) is 37.6. The van der Waals surface area contributed by atoms with Crippen molar-refractivity contribution in [3.8, 4) is 11.1 Å². The van der Waals surface area contributed by atoms with Crippen LogP contribution in [0.15, 0.2) is 77.9 Å². The number of rotatable bonds is 11. The number of nitrogens with one attached hydrogen (secondary N) is 4. The summed E-state index contributed by atoms with van der Waals surface area (Å²) in [6.07, 6.45) is 4.94. The van der Waals surface area contributed by atoms with Gasteiger partial charge in [0.2, 0.25) is 5.91 Å². The van der Waals surface area contributed by atoms with Gasteiger partial charge in [0.05, 0.1) is 6.04 Å². The molecular weight excluding hydrogens is 566 g/mol. The Morgan fingerprint density at radius 3 is 2.18 bits per heavy atom. The van der Waals surface area contributed by atoms with Crippen molar-refractivity contribution in [3.63, 3.8) is 0 Å². The molecule has 0 saturated heterocycles. The Morgan fingerprint density at radius 2 is 1.53 bits per heavy atom. The van der Waals surface area contributed by atoms with E-state index in [4.69, 9.17) is 4.74 Å². The van der Waals surface area contributed by atoms with Crippen LogP contribution >= 0.6 is 0 Å². The van der Waals surface area contributed by atoms with Crippen LogP contribution < -0.4 is 21.4 Å². The van der Waals surface area contributed by atoms with E-state index in [1.165, 1.54) is 22.9 Å². The van der Waals surface area contributed by atoms with Crippen LogP contribution in [0.2, 0.25) is 0 Å². The predicted octanol–water partition coefficient (Wildman–Crippen LogP) is 6.02. The van der Waals surface area contributed by atoms with Crippen LogP contribution in [0.5, 0.6) is 0 Å². The van der Waals surface area contributed by atoms with Crippen molar-refractivity contribution < 1.29 is 19.1 Å². The van der Waals surface area contributed by atoms with Crippen molar-refractivity contribution in [2.45, 2.75) is 64.5 Å². The monoisotopic (exact) mass is 609 g/mol. The normalized spacial score (nSPS) is 18.0. The number of urea groups is 1. The SMILES string of the molecule is CC[C@@H](/C=N\NC(=O)NCC1CCC(C(=O)NCc2ccc(C)cc2)CC1)NC(=O)OCC1c2ccccc2-c2ccccc21. The molecule has 2 aliphatic rings. The molecule has 3 aromatic carbocycles. The largest absolute Gasteiger partial charge is 0.449 e. The molecule has 236 valence electrons. The number of amides is 4. The average Bonchev–Trinajstić information content (AvgIpc) is 3.39. The van der Waals surface area contributed by atoms with Gasteiger partial charge in [0.25, 0.3) is 0 Å². The molecule has 1 saturated carbocycles. The molecule has 0 bridgehead atoms. The molecule has 0 unspecified atom stereocenters. The summed E-state index contributed by atoms with van der Waals surface area (Å²) in [6, 6.07) is 23.8. The number of nitrogens with zero attached hydrogens (tertiary/aromatic N) is 1. The molecule has 1 atom stereocenters. The van der Waals surface area contributed by atoms with Gasteiger partial charge in [-0.2, -0.15) is 5.10 Å². The van der Waals surface area contributed by atoms with Crippen molar-refractivity contribution in [1.29, 1.82) is 0 Å². The van der Waals surface area contributed by atoms with E-state index in [2.05, 4.69) is 50.7 Å². The van der Waals surface area contributed by atoms with Crippen LogP contribution in [-0.4, -0.2) is 43.4 Å². The predicted molar refractivity (Wildman–Crippen MR) is 176 cm³/mol. The minimum absolute atomic E-state index is 0.0140. The molecule has 0 spiro atoms. The van der Waals surface area contributed by atoms with E-state index < -0.39 is 18.2 Å². The van der Waals surface area contributed by atoms with Crippen LogP contribution in [-0.2, 0) is 16.1 Å². The fraction of sp³-hybridized carbons (Fsp3) is 0.389. The van der Waals surface area contributed by atoms with Gasteiger partial charge in [0, 0.05) is 31.1 Å². The molecule has 4 amide bonds. The first-order valence-corrected chi connectivity index (χ1v) is 15.9. The highest BCUT2D eigenvalue weighted by atomic mass is 16.5. The number of carbonyl (C=O) groups excluding carboxylic acids is 3. The minimum Gasteiger partial charge on any atom is -0.449 e. The second-order valence-corrected chi connectivity index (χ2v) is 12.0. The summed E-state index contributed by atoms with van der Waals surface area (Å²) >= 11 is 0. The molecule has 9 heteroatoms. The van der Waals surface area contributed by atoms with Gasteiger partial charge < -0.3 is 20.7 Å². The van der Waals surface area contributed by atoms with Crippen LogP contribution in [0, 0.1) is 18.8 Å². The molecule has 9 nitrogen and oxygen atoms in total. The lowest BCUT2D eigenvalue weighted by Gasteiger charge is -2.27. The van der Waals surface area contributed by atoms with Crippen LogP contribution in [0.25, 0.3) is 11.1 Å². The lowest BCUT2D eigenvalue weighted by molar-refractivity contribution is -0.126. The summed E-state index contributed by atoms with van der Waals surface area (Å²) in [6.45, 7) is 5.26. The molecule has 0 heterocycles. The Labute approximate surface area is 265 Å². The molecule has 4 N–H and O–H groups in total. The summed E-state index contributed by atoms with van der Waals surface area (Å²) in [5.74, 6) is 0.421. The van der Waals surface area contributed by atoms with Crippen molar-refractivity contribution in [2.24, 2.45) is 16.9 Å². The van der Waals surface area contributed by atoms with Crippen LogP contribution in [0.4, 0.5) is 9.59 Å². The smallest absolute Gasteiger partial charge is 0.407 e. The quantitative estimate of drug-likeness (QED) is 0.157. The van der Waals surface area contributed by atoms with E-state index in [-0.39, 0.29) is 24.3 Å². The third kappa shape index (κ3) is 8.50. The molecule has 3 aromatic rings. The highest BCUT2D eigenvalue weighted by molar-refractivity contribution is 5.80. The summed E-state index contributed by atoms with van der Waals surface area (Å²) < 4.78 is 5.63. The summed E-state index contributed by atoms with van der Waals surface area (Å²) in [7, 11) is 0. The fourth-order valence-corrected chi connectivity index (χ4v) is 6.17. The number of alkyl carbamates (subject to hydrolysis) is 1. The van der Waals surface area contributed by atoms with Gasteiger partial charge in [0.1, 0.15) is 6.61 Å². The third-order valence-electron chi connectivity index (χ3n) is 8.86. The number of carbonyl (C=O) groups is 3. The summed E-state index contributed by atoms with van der Waals surface area (Å²) in [5, 5.41) is 12.8. The maximum absolute atomic E-state index is 12.6. The van der Waals surface area contributed by atoms with E-state index in [1.807, 2.05) is 62.4 Å². The van der Waals surface area contributed by atoms with Gasteiger partial charge in [-0.25, -0.2) is 15.0 Å². The Balaban J connectivity index is 0.978. The van der Waals surface area contributed by atoms with E-state index >= 15 is 0 Å². The number of ether oxygens (including phenoxy) is 1. The first-order valence-electron chi connectivity index (χ1n) is 15.9. The molecule has 5 rings (SSSR count). The standard InChI is InChI=1S/C36H43N5O4/c1-3-28(40-36(44)45-23-33-31-10-6-4-8-29(31)30-9-5-7-11-32(30)33)22-39-41-35(43)38-21-26-16-18-27(19-17-26)34(42)37-20-25-14-12-24(2)13-15-25/h4-15,22,26-28,33H,3,16-21,23H2,1-2H3,(H,37,42)(H,40,44)(H2,38,41,43)/b39-22-/t26?,27?,28-/m0/s1. The molecular formula is C36H43N5O4. The number of fused-ring (bicyclic) bond motifs is 3. The first kappa shape index (κ1) is 31.8. The highest BCUT2D eigenvalue weighted by Crippen LogP contribution is 2.44. The zero-order chi connectivity index (χ0) is 31.6. The lowest BCUT2D eigenvalue weighted by atomic mass is 9.81. The van der Waals surface area contributed by atoms with Crippen LogP contribution in [0.1, 0.15) is 67.2 Å². The molecule has 2 aliphatic carbocycles. The van der Waals surface area contributed by atoms with Gasteiger partial charge in [-0.05, 0) is 72.8 Å². The zero-order valence-corrected chi connectivity index (χ0v) is 26.1. The van der Waals surface area contributed by atoms with E-state index in [0.29, 0.717) is 25.4 Å². The second-order valence-electron chi connectivity index (χ2n) is 12.0. The van der Waals surface area contributed by atoms with E-state index in [0.717, 1.165) is 42.4 Å². The van der Waals surface area contributed by atoms with E-state index in [1.54, 1.807) is 0 Å². The number of hydrazone groups is 1. The van der Waals surface area contributed by atoms with Gasteiger partial charge in [-0.15, -0.1) is 0 Å². The Hall–Kier alpha value is -4.66. The number of aryl methyl sites for hydroxylation is 1. The topological polar surface area (TPSA) is 121 Å². The molecule has 0 aliphatic heterocycles. The van der Waals surface area contributed by atoms with Crippen LogP contribution in [0.3, 0.4) is 0 Å². The zero-order valence-electron chi connectivity index (χ0n) is 26.1. The minimum atomic E-state index is -0.529. The fourth-order valence-electron chi connectivity index (χ4n) is 6.17. The van der Waals surface area contributed by atoms with Crippen molar-refractivity contribution in [3.05, 3.63) is 95.1 Å². The average molecular weight is 610 g/mol. The first-order chi connectivity index (χ1) is 21.9. The van der Waals surface area contributed by atoms with Crippen molar-refractivity contribution >= 4 is 24.2 Å². The highest BCUT2D eigenvalue weighted by Gasteiger charge is 2.29. The maximum atomic E-state index is 12.6. The number of benzene rings is 3. The Kier molecular flexibility index (Phi) is 10.8. The maximum Gasteiger partial charge on any atom is 0.407 e. The van der Waals surface area contributed by atoms with Gasteiger partial charge in [-0.3, -0.25) is 4.79 Å². The van der Waals surface area contributed by atoms with Crippen molar-refractivity contribution in [2.75, 3.05) is 13.2 Å². The third-order valence-corrected chi connectivity index (χ3v) is 8.86. The lowest BCUT2D eigenvalue weighted by Crippen LogP contribution is -2.40. The van der Waals surface area contributed by atoms with Gasteiger partial charge in [0.15, 0.2) is 0 Å². The number of hydrogen-bond donors (Lipinski definition) is 4. The number of hydrogen-bond acceptors (Lipinski definition) is 5. The Morgan fingerprint density at radius 1 is 0.889 bits per heavy atom. The van der Waals surface area contributed by atoms with E-state index in [9.17, 15) is 14.4 Å².